The van der Waals surface area contributed by atoms with Gasteiger partial charge in [-0.25, -0.2) is 4.79 Å². The first-order chi connectivity index (χ1) is 13.9. The number of aliphatic carboxylic acids is 1. The normalized spacial score (nSPS) is 22.8. The Morgan fingerprint density at radius 1 is 1.10 bits per heavy atom. The lowest BCUT2D eigenvalue weighted by Gasteiger charge is -2.39. The van der Waals surface area contributed by atoms with E-state index in [0.717, 1.165) is 22.4 Å². The topological polar surface area (TPSA) is 110 Å². The summed E-state index contributed by atoms with van der Waals surface area (Å²) in [5, 5.41) is 14.2. The van der Waals surface area contributed by atoms with Crippen LogP contribution in [0.2, 0.25) is 0 Å². The first kappa shape index (κ1) is 19.4. The maximum Gasteiger partial charge on any atom is 0.327 e. The van der Waals surface area contributed by atoms with Gasteiger partial charge in [-0.15, -0.1) is 0 Å². The van der Waals surface area contributed by atoms with Crippen LogP contribution in [0.15, 0.2) is 24.3 Å². The highest BCUT2D eigenvalue weighted by Crippen LogP contribution is 2.30. The molecular weight excluding hydrogens is 374 g/mol. The van der Waals surface area contributed by atoms with Crippen LogP contribution >= 0.6 is 0 Å². The van der Waals surface area contributed by atoms with Gasteiger partial charge in [0, 0.05) is 25.9 Å². The number of nitrogens with zero attached hydrogens (tertiary/aromatic N) is 2. The molecule has 8 heteroatoms. The van der Waals surface area contributed by atoms with Crippen LogP contribution in [0.1, 0.15) is 49.7 Å². The molecule has 8 nitrogen and oxygen atoms in total. The smallest absolute Gasteiger partial charge is 0.327 e. The van der Waals surface area contributed by atoms with Crippen LogP contribution in [0.3, 0.4) is 0 Å². The maximum absolute atomic E-state index is 12.8. The van der Waals surface area contributed by atoms with Crippen LogP contribution < -0.4 is 10.4 Å². The molecule has 154 valence electrons. The summed E-state index contributed by atoms with van der Waals surface area (Å²) in [4.78, 5) is 52.2. The number of amides is 4. The van der Waals surface area contributed by atoms with Gasteiger partial charge in [0.2, 0.25) is 5.91 Å². The van der Waals surface area contributed by atoms with E-state index in [4.69, 9.17) is 0 Å². The summed E-state index contributed by atoms with van der Waals surface area (Å²) in [6, 6.07) is 6.80. The van der Waals surface area contributed by atoms with Gasteiger partial charge in [-0.3, -0.25) is 14.5 Å². The lowest BCUT2D eigenvalue weighted by atomic mass is 9.81. The molecule has 1 atom stereocenters. The largest absolute Gasteiger partial charge is 0.548 e. The minimum absolute atomic E-state index is 0.0596. The summed E-state index contributed by atoms with van der Waals surface area (Å²) >= 11 is 0. The summed E-state index contributed by atoms with van der Waals surface area (Å²) in [5.41, 5.74) is 0.744. The molecule has 1 aromatic carbocycles. The van der Waals surface area contributed by atoms with Gasteiger partial charge >= 0.3 is 6.03 Å². The molecule has 1 N–H and O–H groups in total. The Labute approximate surface area is 168 Å². The molecule has 0 aromatic heterocycles. The van der Waals surface area contributed by atoms with Crippen LogP contribution in [0, 0.1) is 0 Å². The molecule has 0 radical (unpaired) electrons. The van der Waals surface area contributed by atoms with Crippen molar-refractivity contribution >= 4 is 23.8 Å². The van der Waals surface area contributed by atoms with Crippen molar-refractivity contribution in [2.45, 2.75) is 63.1 Å². The molecule has 2 fully saturated rings. The molecule has 1 saturated carbocycles. The number of hydrogen-bond acceptors (Lipinski definition) is 5. The standard InChI is InChI=1S/C21H25N3O5/c25-17(22-21(19(27)28)9-4-1-5-10-21)8-11-23-18(26)16-12-14-6-2-3-7-15(14)13-24(16)20(23)29/h2-3,6-7,16H,1,4-5,8-13H2,(H,22,25)(H,27,28)/p-1/t16-/m0/s1. The third-order valence-electron chi connectivity index (χ3n) is 6.32. The van der Waals surface area contributed by atoms with E-state index < -0.39 is 29.5 Å². The van der Waals surface area contributed by atoms with Crippen molar-refractivity contribution in [1.29, 1.82) is 0 Å². The third kappa shape index (κ3) is 3.47. The second kappa shape index (κ2) is 7.50. The van der Waals surface area contributed by atoms with Crippen LogP contribution in [-0.2, 0) is 27.3 Å². The van der Waals surface area contributed by atoms with Gasteiger partial charge in [-0.2, -0.15) is 0 Å². The number of imide groups is 1. The summed E-state index contributed by atoms with van der Waals surface area (Å²) in [5.74, 6) is -2.05. The fraction of sp³-hybridized carbons (Fsp3) is 0.524. The Morgan fingerprint density at radius 3 is 2.48 bits per heavy atom. The second-order valence-electron chi connectivity index (χ2n) is 8.12. The molecule has 29 heavy (non-hydrogen) atoms. The molecule has 1 aromatic rings. The number of fused-ring (bicyclic) bond motifs is 2. The number of carboxylic acids is 1. The van der Waals surface area contributed by atoms with Crippen molar-refractivity contribution in [3.63, 3.8) is 0 Å². The molecule has 4 rings (SSSR count). The zero-order valence-corrected chi connectivity index (χ0v) is 16.2. The van der Waals surface area contributed by atoms with Crippen molar-refractivity contribution in [2.75, 3.05) is 6.54 Å². The van der Waals surface area contributed by atoms with E-state index >= 15 is 0 Å². The molecule has 1 saturated heterocycles. The van der Waals surface area contributed by atoms with E-state index in [1.807, 2.05) is 24.3 Å². The first-order valence-electron chi connectivity index (χ1n) is 10.1. The zero-order valence-electron chi connectivity index (χ0n) is 16.2. The number of carbonyl (C=O) groups is 4. The van der Waals surface area contributed by atoms with Gasteiger partial charge in [0.1, 0.15) is 6.04 Å². The number of hydrogen-bond donors (Lipinski definition) is 1. The molecule has 1 aliphatic carbocycles. The Hall–Kier alpha value is -2.90. The van der Waals surface area contributed by atoms with E-state index in [0.29, 0.717) is 38.6 Å². The van der Waals surface area contributed by atoms with Gasteiger partial charge in [-0.05, 0) is 24.0 Å². The van der Waals surface area contributed by atoms with E-state index in [2.05, 4.69) is 5.32 Å². The molecular formula is C21H24N3O5-. The number of carboxylic acid groups (broad SMARTS) is 1. The third-order valence-corrected chi connectivity index (χ3v) is 6.32. The van der Waals surface area contributed by atoms with E-state index in [9.17, 15) is 24.3 Å². The summed E-state index contributed by atoms with van der Waals surface area (Å²) in [7, 11) is 0. The van der Waals surface area contributed by atoms with Crippen molar-refractivity contribution in [3.05, 3.63) is 35.4 Å². The molecule has 4 amide bonds. The fourth-order valence-corrected chi connectivity index (χ4v) is 4.66. The van der Waals surface area contributed by atoms with Crippen LogP contribution in [0.4, 0.5) is 4.79 Å². The highest BCUT2D eigenvalue weighted by Gasteiger charge is 2.47. The second-order valence-corrected chi connectivity index (χ2v) is 8.12. The molecule has 0 bridgehead atoms. The van der Waals surface area contributed by atoms with Gasteiger partial charge < -0.3 is 20.1 Å². The van der Waals surface area contributed by atoms with Gasteiger partial charge in [0.15, 0.2) is 0 Å². The maximum atomic E-state index is 12.8. The Morgan fingerprint density at radius 2 is 1.79 bits per heavy atom. The first-order valence-corrected chi connectivity index (χ1v) is 10.1. The minimum Gasteiger partial charge on any atom is -0.548 e. The number of nitrogens with one attached hydrogen (secondary N) is 1. The predicted molar refractivity (Wildman–Crippen MR) is 100 cm³/mol. The highest BCUT2D eigenvalue weighted by atomic mass is 16.4. The van der Waals surface area contributed by atoms with E-state index in [1.165, 1.54) is 0 Å². The molecule has 2 heterocycles. The van der Waals surface area contributed by atoms with Gasteiger partial charge in [0.25, 0.3) is 5.91 Å². The van der Waals surface area contributed by atoms with E-state index in [-0.39, 0.29) is 18.9 Å². The fourth-order valence-electron chi connectivity index (χ4n) is 4.66. The average Bonchev–Trinajstić information content (AvgIpc) is 2.95. The van der Waals surface area contributed by atoms with Crippen molar-refractivity contribution in [2.24, 2.45) is 0 Å². The number of carbonyl (C=O) groups excluding carboxylic acids is 4. The molecule has 3 aliphatic rings. The predicted octanol–water partition coefficient (Wildman–Crippen LogP) is 0.335. The monoisotopic (exact) mass is 398 g/mol. The van der Waals surface area contributed by atoms with Crippen molar-refractivity contribution in [3.8, 4) is 0 Å². The Bertz CT molecular complexity index is 819. The summed E-state index contributed by atoms with van der Waals surface area (Å²) in [6.45, 7) is 0.317. The lowest BCUT2D eigenvalue weighted by molar-refractivity contribution is -0.315. The van der Waals surface area contributed by atoms with Gasteiger partial charge in [0.05, 0.1) is 11.5 Å². The molecule has 2 aliphatic heterocycles. The van der Waals surface area contributed by atoms with Crippen molar-refractivity contribution in [1.82, 2.24) is 15.1 Å². The SMILES string of the molecule is O=C(CCN1C(=O)[C@@H]2Cc3ccccc3CN2C1=O)NC1(C(=O)[O-])CCCCC1. The quantitative estimate of drug-likeness (QED) is 0.719. The van der Waals surface area contributed by atoms with E-state index in [1.54, 1.807) is 4.90 Å². The zero-order chi connectivity index (χ0) is 20.6. The van der Waals surface area contributed by atoms with Crippen LogP contribution in [0.25, 0.3) is 0 Å². The Balaban J connectivity index is 1.39. The van der Waals surface area contributed by atoms with Crippen LogP contribution in [0.5, 0.6) is 0 Å². The number of urea groups is 1. The van der Waals surface area contributed by atoms with Gasteiger partial charge in [-0.1, -0.05) is 43.5 Å². The summed E-state index contributed by atoms with van der Waals surface area (Å²) < 4.78 is 0. The molecule has 0 unspecified atom stereocenters. The molecule has 0 spiro atoms. The van der Waals surface area contributed by atoms with Crippen molar-refractivity contribution < 1.29 is 24.3 Å². The lowest BCUT2D eigenvalue weighted by Crippen LogP contribution is -2.61. The highest BCUT2D eigenvalue weighted by molar-refractivity contribution is 6.05. The van der Waals surface area contributed by atoms with Crippen LogP contribution in [-0.4, -0.2) is 51.7 Å². The number of rotatable bonds is 5. The Kier molecular flexibility index (Phi) is 5.02. The average molecular weight is 398 g/mol. The number of benzene rings is 1. The minimum atomic E-state index is -1.34. The summed E-state index contributed by atoms with van der Waals surface area (Å²) in [6.07, 6.45) is 3.40.